The fraction of sp³-hybridized carbons (Fsp3) is 0.310. The van der Waals surface area contributed by atoms with Crippen molar-refractivity contribution in [2.24, 2.45) is 0 Å². The van der Waals surface area contributed by atoms with E-state index in [1.807, 2.05) is 38.1 Å². The van der Waals surface area contributed by atoms with Gasteiger partial charge in [0.1, 0.15) is 11.5 Å². The minimum Gasteiger partial charge on any atom is -0.497 e. The predicted molar refractivity (Wildman–Crippen MR) is 140 cm³/mol. The van der Waals surface area contributed by atoms with Gasteiger partial charge < -0.3 is 23.9 Å². The molecule has 4 rings (SSSR count). The summed E-state index contributed by atoms with van der Waals surface area (Å²) in [5.41, 5.74) is 4.74. The zero-order chi connectivity index (χ0) is 26.0. The molecule has 0 aliphatic carbocycles. The highest BCUT2D eigenvalue weighted by atomic mass is 16.6. The smallest absolute Gasteiger partial charge is 0.344 e. The number of aromatic carboxylic acids is 1. The van der Waals surface area contributed by atoms with Gasteiger partial charge in [-0.2, -0.15) is 0 Å². The molecule has 0 saturated carbocycles. The Labute approximate surface area is 210 Å². The van der Waals surface area contributed by atoms with Crippen molar-refractivity contribution < 1.29 is 28.9 Å². The molecule has 0 aliphatic rings. The van der Waals surface area contributed by atoms with Gasteiger partial charge in [0.05, 0.1) is 36.0 Å². The van der Waals surface area contributed by atoms with Gasteiger partial charge in [-0.3, -0.25) is 0 Å². The molecular formula is C29H31NO6. The molecule has 0 spiro atoms. The van der Waals surface area contributed by atoms with E-state index in [9.17, 15) is 14.7 Å². The summed E-state index contributed by atoms with van der Waals surface area (Å²) in [4.78, 5) is 24.2. The van der Waals surface area contributed by atoms with E-state index in [2.05, 4.69) is 24.5 Å². The molecule has 4 aromatic rings. The lowest BCUT2D eigenvalue weighted by atomic mass is 10.0. The minimum atomic E-state index is -1.01. The van der Waals surface area contributed by atoms with Crippen LogP contribution in [0.5, 0.6) is 11.5 Å². The molecule has 0 unspecified atom stereocenters. The molecule has 0 radical (unpaired) electrons. The van der Waals surface area contributed by atoms with Gasteiger partial charge in [-0.25, -0.2) is 9.59 Å². The molecule has 7 heteroatoms. The summed E-state index contributed by atoms with van der Waals surface area (Å²) < 4.78 is 18.5. The molecule has 1 aromatic heterocycles. The average Bonchev–Trinajstić information content (AvgIpc) is 3.21. The van der Waals surface area contributed by atoms with Gasteiger partial charge in [-0.05, 0) is 66.8 Å². The van der Waals surface area contributed by atoms with Crippen molar-refractivity contribution in [2.45, 2.75) is 40.0 Å². The first-order valence-electron chi connectivity index (χ1n) is 12.0. The monoisotopic (exact) mass is 489 g/mol. The number of carbonyl (C=O) groups is 2. The number of aryl methyl sites for hydroxylation is 1. The third-order valence-electron chi connectivity index (χ3n) is 6.21. The number of carbonyl (C=O) groups excluding carboxylic acids is 1. The molecule has 1 N–H and O–H groups in total. The molecule has 188 valence electrons. The van der Waals surface area contributed by atoms with Crippen LogP contribution < -0.4 is 9.47 Å². The van der Waals surface area contributed by atoms with Crippen molar-refractivity contribution >= 4 is 33.7 Å². The molecule has 0 fully saturated rings. The van der Waals surface area contributed by atoms with Crippen LogP contribution in [0.1, 0.15) is 54.6 Å². The molecule has 7 nitrogen and oxygen atoms in total. The van der Waals surface area contributed by atoms with Crippen LogP contribution in [0, 0.1) is 6.92 Å². The first-order chi connectivity index (χ1) is 17.2. The van der Waals surface area contributed by atoms with Gasteiger partial charge >= 0.3 is 11.9 Å². The van der Waals surface area contributed by atoms with E-state index in [4.69, 9.17) is 14.2 Å². The van der Waals surface area contributed by atoms with Crippen LogP contribution in [-0.2, 0) is 9.53 Å². The number of nitrogens with zero attached hydrogens (tertiary/aromatic N) is 1. The molecule has 0 saturated heterocycles. The van der Waals surface area contributed by atoms with Crippen molar-refractivity contribution in [1.29, 1.82) is 0 Å². The molecular weight excluding hydrogens is 458 g/mol. The Balaban J connectivity index is 1.97. The van der Waals surface area contributed by atoms with Crippen molar-refractivity contribution in [2.75, 3.05) is 20.3 Å². The van der Waals surface area contributed by atoms with Crippen LogP contribution in [0.3, 0.4) is 0 Å². The highest BCUT2D eigenvalue weighted by molar-refractivity contribution is 6.18. The van der Waals surface area contributed by atoms with E-state index in [1.165, 1.54) is 0 Å². The molecule has 0 aliphatic heterocycles. The van der Waals surface area contributed by atoms with Gasteiger partial charge in [0, 0.05) is 16.8 Å². The Bertz CT molecular complexity index is 1450. The largest absolute Gasteiger partial charge is 0.497 e. The Morgan fingerprint density at radius 1 is 1.03 bits per heavy atom. The summed E-state index contributed by atoms with van der Waals surface area (Å²) in [6, 6.07) is 15.0. The number of rotatable bonds is 9. The number of benzene rings is 3. The summed E-state index contributed by atoms with van der Waals surface area (Å²) in [5.74, 6) is 0.00120. The topological polar surface area (TPSA) is 87.0 Å². The van der Waals surface area contributed by atoms with Gasteiger partial charge in [-0.1, -0.05) is 26.8 Å². The number of hydrogen-bond acceptors (Lipinski definition) is 5. The van der Waals surface area contributed by atoms with E-state index in [0.717, 1.165) is 45.4 Å². The number of esters is 1. The molecule has 0 amide bonds. The second kappa shape index (κ2) is 10.3. The van der Waals surface area contributed by atoms with Crippen LogP contribution in [0.2, 0.25) is 0 Å². The Morgan fingerprint density at radius 2 is 1.81 bits per heavy atom. The third kappa shape index (κ3) is 4.73. The van der Waals surface area contributed by atoms with E-state index in [0.29, 0.717) is 17.7 Å². The predicted octanol–water partition coefficient (Wildman–Crippen LogP) is 6.25. The van der Waals surface area contributed by atoms with Crippen molar-refractivity contribution in [3.63, 3.8) is 0 Å². The molecule has 3 aromatic carbocycles. The quantitative estimate of drug-likeness (QED) is 0.280. The number of ether oxygens (including phenoxy) is 3. The van der Waals surface area contributed by atoms with Crippen LogP contribution in [0.4, 0.5) is 0 Å². The average molecular weight is 490 g/mol. The van der Waals surface area contributed by atoms with E-state index in [1.54, 1.807) is 25.3 Å². The lowest BCUT2D eigenvalue weighted by molar-refractivity contribution is -0.146. The Kier molecular flexibility index (Phi) is 7.20. The zero-order valence-electron chi connectivity index (χ0n) is 21.3. The highest BCUT2D eigenvalue weighted by Gasteiger charge is 2.21. The maximum absolute atomic E-state index is 12.2. The second-order valence-corrected chi connectivity index (χ2v) is 9.10. The zero-order valence-corrected chi connectivity index (χ0v) is 21.3. The number of hydrogen-bond donors (Lipinski definition) is 1. The fourth-order valence-corrected chi connectivity index (χ4v) is 4.41. The van der Waals surface area contributed by atoms with Crippen molar-refractivity contribution in [3.05, 3.63) is 65.2 Å². The number of methoxy groups -OCH3 is 1. The minimum absolute atomic E-state index is 0.200. The number of fused-ring (bicyclic) bond motifs is 3. The SMILES string of the molecule is CCCOC(=O)COc1ccc2c(c1)c1c(C(=O)O)ccc(C)c1n2-c1cc(OC)cc(C(C)C)c1. The van der Waals surface area contributed by atoms with Crippen molar-refractivity contribution in [1.82, 2.24) is 4.57 Å². The maximum atomic E-state index is 12.2. The summed E-state index contributed by atoms with van der Waals surface area (Å²) in [5, 5.41) is 11.4. The summed E-state index contributed by atoms with van der Waals surface area (Å²) in [7, 11) is 1.64. The second-order valence-electron chi connectivity index (χ2n) is 9.10. The molecule has 0 atom stereocenters. The van der Waals surface area contributed by atoms with E-state index in [-0.39, 0.29) is 18.1 Å². The summed E-state index contributed by atoms with van der Waals surface area (Å²) in [6.07, 6.45) is 0.733. The Hall–Kier alpha value is -4.00. The fourth-order valence-electron chi connectivity index (χ4n) is 4.41. The van der Waals surface area contributed by atoms with Crippen LogP contribution in [0.15, 0.2) is 48.5 Å². The third-order valence-corrected chi connectivity index (χ3v) is 6.21. The standard InChI is InChI=1S/C29H31NO6/c1-6-11-35-26(31)16-36-21-8-10-25-24(15-21)27-23(29(32)33)9-7-18(4)28(27)30(25)20-12-19(17(2)3)13-22(14-20)34-5/h7-10,12-15,17H,6,11,16H2,1-5H3,(H,32,33). The number of carboxylic acid groups (broad SMARTS) is 1. The summed E-state index contributed by atoms with van der Waals surface area (Å²) >= 11 is 0. The number of carboxylic acids is 1. The van der Waals surface area contributed by atoms with Gasteiger partial charge in [-0.15, -0.1) is 0 Å². The normalized spacial score (nSPS) is 11.3. The molecule has 1 heterocycles. The summed E-state index contributed by atoms with van der Waals surface area (Å²) in [6.45, 7) is 8.25. The Morgan fingerprint density at radius 3 is 2.47 bits per heavy atom. The molecule has 0 bridgehead atoms. The van der Waals surface area contributed by atoms with Gasteiger partial charge in [0.25, 0.3) is 0 Å². The van der Waals surface area contributed by atoms with E-state index < -0.39 is 11.9 Å². The first-order valence-corrected chi connectivity index (χ1v) is 12.0. The molecule has 36 heavy (non-hydrogen) atoms. The van der Waals surface area contributed by atoms with E-state index >= 15 is 0 Å². The van der Waals surface area contributed by atoms with Crippen LogP contribution in [0.25, 0.3) is 27.5 Å². The van der Waals surface area contributed by atoms with Gasteiger partial charge in [0.2, 0.25) is 0 Å². The van der Waals surface area contributed by atoms with Gasteiger partial charge in [0.15, 0.2) is 6.61 Å². The first kappa shape index (κ1) is 25.1. The lowest BCUT2D eigenvalue weighted by Gasteiger charge is -2.15. The van der Waals surface area contributed by atoms with Crippen LogP contribution in [-0.4, -0.2) is 41.9 Å². The number of aromatic nitrogens is 1. The van der Waals surface area contributed by atoms with Crippen LogP contribution >= 0.6 is 0 Å². The highest BCUT2D eigenvalue weighted by Crippen LogP contribution is 2.39. The maximum Gasteiger partial charge on any atom is 0.344 e. The van der Waals surface area contributed by atoms with Crippen molar-refractivity contribution in [3.8, 4) is 17.2 Å². The lowest BCUT2D eigenvalue weighted by Crippen LogP contribution is -2.15.